The minimum absolute atomic E-state index is 0. The summed E-state index contributed by atoms with van der Waals surface area (Å²) in [7, 11) is 0. The Kier molecular flexibility index (Phi) is 13.4. The first-order chi connectivity index (χ1) is 12.9. The maximum absolute atomic E-state index is 11.6. The molecule has 0 atom stereocenters. The predicted molar refractivity (Wildman–Crippen MR) is 125 cm³/mol. The molecule has 8 heteroatoms. The van der Waals surface area contributed by atoms with Crippen LogP contribution in [-0.4, -0.2) is 43.9 Å². The summed E-state index contributed by atoms with van der Waals surface area (Å²) in [5.41, 5.74) is 0.563. The molecule has 0 aliphatic heterocycles. The topological polar surface area (TPSA) is 84.0 Å². The van der Waals surface area contributed by atoms with E-state index in [0.29, 0.717) is 26.2 Å². The van der Waals surface area contributed by atoms with Crippen molar-refractivity contribution in [3.63, 3.8) is 0 Å². The molecule has 0 unspecified atom stereocenters. The van der Waals surface area contributed by atoms with Crippen molar-refractivity contribution in [1.82, 2.24) is 16.0 Å². The van der Waals surface area contributed by atoms with Crippen LogP contribution < -0.4 is 20.7 Å². The Balaban J connectivity index is 0.00000729. The van der Waals surface area contributed by atoms with Crippen molar-refractivity contribution in [2.45, 2.75) is 53.2 Å². The minimum Gasteiger partial charge on any atom is -0.494 e. The fourth-order valence-corrected chi connectivity index (χ4v) is 2.24. The predicted octanol–water partition coefficient (Wildman–Crippen LogP) is 3.67. The van der Waals surface area contributed by atoms with Crippen LogP contribution in [0.15, 0.2) is 29.3 Å². The van der Waals surface area contributed by atoms with Crippen LogP contribution in [0.3, 0.4) is 0 Å². The van der Waals surface area contributed by atoms with Crippen LogP contribution in [0.2, 0.25) is 0 Å². The summed E-state index contributed by atoms with van der Waals surface area (Å²) in [4.78, 5) is 16.2. The monoisotopic (exact) mass is 506 g/mol. The van der Waals surface area contributed by atoms with E-state index < -0.39 is 11.7 Å². The van der Waals surface area contributed by atoms with E-state index in [9.17, 15) is 4.79 Å². The van der Waals surface area contributed by atoms with Gasteiger partial charge in [0.05, 0.1) is 13.2 Å². The first-order valence-corrected chi connectivity index (χ1v) is 9.55. The largest absolute Gasteiger partial charge is 0.494 e. The minimum atomic E-state index is -0.481. The highest BCUT2D eigenvalue weighted by Crippen LogP contribution is 2.18. The van der Waals surface area contributed by atoms with Crippen LogP contribution >= 0.6 is 24.0 Å². The van der Waals surface area contributed by atoms with Gasteiger partial charge in [0.2, 0.25) is 0 Å². The number of guanidine groups is 1. The molecule has 0 fully saturated rings. The Hall–Kier alpha value is -1.71. The third-order valence-electron chi connectivity index (χ3n) is 3.34. The summed E-state index contributed by atoms with van der Waals surface area (Å²) in [5.74, 6) is 1.60. The van der Waals surface area contributed by atoms with Crippen molar-refractivity contribution in [3.05, 3.63) is 29.8 Å². The second kappa shape index (κ2) is 14.3. The van der Waals surface area contributed by atoms with Crippen molar-refractivity contribution in [3.8, 4) is 5.75 Å². The number of nitrogens with zero attached hydrogens (tertiary/aromatic N) is 1. The van der Waals surface area contributed by atoms with Gasteiger partial charge in [0, 0.05) is 25.2 Å². The average Bonchev–Trinajstić information content (AvgIpc) is 2.59. The number of benzene rings is 1. The molecule has 0 aliphatic carbocycles. The van der Waals surface area contributed by atoms with Gasteiger partial charge in [-0.1, -0.05) is 18.2 Å². The molecule has 160 valence electrons. The van der Waals surface area contributed by atoms with E-state index in [4.69, 9.17) is 9.47 Å². The van der Waals surface area contributed by atoms with E-state index >= 15 is 0 Å². The van der Waals surface area contributed by atoms with Crippen LogP contribution in [-0.2, 0) is 11.3 Å². The molecule has 0 aromatic heterocycles. The van der Waals surface area contributed by atoms with Gasteiger partial charge in [-0.05, 0) is 47.1 Å². The summed E-state index contributed by atoms with van der Waals surface area (Å²) in [5, 5.41) is 9.24. The molecule has 7 nitrogen and oxygen atoms in total. The number of ether oxygens (including phenoxy) is 2. The van der Waals surface area contributed by atoms with E-state index in [1.54, 1.807) is 0 Å². The molecule has 1 aromatic carbocycles. The van der Waals surface area contributed by atoms with Gasteiger partial charge < -0.3 is 25.4 Å². The van der Waals surface area contributed by atoms with Gasteiger partial charge in [-0.25, -0.2) is 9.79 Å². The molecule has 0 bridgehead atoms. The smallest absolute Gasteiger partial charge is 0.407 e. The first kappa shape index (κ1) is 26.3. The number of alkyl carbamates (subject to hydrolysis) is 1. The van der Waals surface area contributed by atoms with Crippen LogP contribution in [0.5, 0.6) is 5.75 Å². The Morgan fingerprint density at radius 1 is 1.07 bits per heavy atom. The van der Waals surface area contributed by atoms with Gasteiger partial charge in [0.1, 0.15) is 11.4 Å². The molecular weight excluding hydrogens is 471 g/mol. The van der Waals surface area contributed by atoms with Crippen molar-refractivity contribution in [1.29, 1.82) is 0 Å². The zero-order valence-corrected chi connectivity index (χ0v) is 20.0. The molecule has 1 amide bonds. The number of aliphatic imine (C=N–C) groups is 1. The summed E-state index contributed by atoms with van der Waals surface area (Å²) >= 11 is 0. The summed E-state index contributed by atoms with van der Waals surface area (Å²) < 4.78 is 10.8. The third kappa shape index (κ3) is 11.9. The van der Waals surface area contributed by atoms with E-state index in [1.165, 1.54) is 0 Å². The maximum atomic E-state index is 11.6. The average molecular weight is 506 g/mol. The van der Waals surface area contributed by atoms with E-state index in [-0.39, 0.29) is 24.0 Å². The molecular formula is C20H35IN4O3. The van der Waals surface area contributed by atoms with Gasteiger partial charge >= 0.3 is 6.09 Å². The molecule has 0 heterocycles. The fraction of sp³-hybridized carbons (Fsp3) is 0.600. The van der Waals surface area contributed by atoms with Gasteiger partial charge in [-0.15, -0.1) is 24.0 Å². The van der Waals surface area contributed by atoms with E-state index in [0.717, 1.165) is 30.2 Å². The third-order valence-corrected chi connectivity index (χ3v) is 3.34. The van der Waals surface area contributed by atoms with Crippen molar-refractivity contribution in [2.75, 3.05) is 26.2 Å². The number of rotatable bonds is 9. The maximum Gasteiger partial charge on any atom is 0.407 e. The van der Waals surface area contributed by atoms with Gasteiger partial charge in [0.25, 0.3) is 0 Å². The lowest BCUT2D eigenvalue weighted by atomic mass is 10.2. The number of halogens is 1. The van der Waals surface area contributed by atoms with Crippen LogP contribution in [0.1, 0.15) is 46.6 Å². The molecule has 1 aromatic rings. The summed E-state index contributed by atoms with van der Waals surface area (Å²) in [6, 6.07) is 7.91. The summed E-state index contributed by atoms with van der Waals surface area (Å²) in [6.45, 7) is 12.7. The quantitative estimate of drug-likeness (QED) is 0.206. The zero-order chi connectivity index (χ0) is 20.1. The van der Waals surface area contributed by atoms with Crippen LogP contribution in [0, 0.1) is 0 Å². The van der Waals surface area contributed by atoms with Gasteiger partial charge in [-0.2, -0.15) is 0 Å². The molecule has 0 aliphatic rings. The van der Waals surface area contributed by atoms with Crippen LogP contribution in [0.25, 0.3) is 0 Å². The highest BCUT2D eigenvalue weighted by molar-refractivity contribution is 14.0. The van der Waals surface area contributed by atoms with Gasteiger partial charge in [0.15, 0.2) is 5.96 Å². The molecule has 0 radical (unpaired) electrons. The fourth-order valence-electron chi connectivity index (χ4n) is 2.24. The lowest BCUT2D eigenvalue weighted by molar-refractivity contribution is 0.0527. The SMILES string of the molecule is CCNC(=NCc1ccccc1OCC)NCCCNC(=O)OC(C)(C)C.I. The second-order valence-corrected chi connectivity index (χ2v) is 6.94. The van der Waals surface area contributed by atoms with E-state index in [1.807, 2.05) is 58.9 Å². The normalized spacial score (nSPS) is 11.2. The molecule has 28 heavy (non-hydrogen) atoms. The first-order valence-electron chi connectivity index (χ1n) is 9.55. The van der Waals surface area contributed by atoms with Crippen molar-refractivity contribution >= 4 is 36.0 Å². The lowest BCUT2D eigenvalue weighted by Crippen LogP contribution is -2.39. The van der Waals surface area contributed by atoms with Crippen LogP contribution in [0.4, 0.5) is 4.79 Å². The zero-order valence-electron chi connectivity index (χ0n) is 17.6. The molecule has 0 saturated heterocycles. The van der Waals surface area contributed by atoms with Gasteiger partial charge in [-0.3, -0.25) is 0 Å². The Labute approximate surface area is 186 Å². The summed E-state index contributed by atoms with van der Waals surface area (Å²) in [6.07, 6.45) is 0.370. The highest BCUT2D eigenvalue weighted by Gasteiger charge is 2.15. The highest BCUT2D eigenvalue weighted by atomic mass is 127. The molecule has 1 rings (SSSR count). The lowest BCUT2D eigenvalue weighted by Gasteiger charge is -2.19. The number of carbonyl (C=O) groups is 1. The molecule has 0 spiro atoms. The van der Waals surface area contributed by atoms with E-state index in [2.05, 4.69) is 20.9 Å². The second-order valence-electron chi connectivity index (χ2n) is 6.94. The number of hydrogen-bond donors (Lipinski definition) is 3. The number of nitrogens with one attached hydrogen (secondary N) is 3. The molecule has 3 N–H and O–H groups in total. The standard InChI is InChI=1S/C20H34N4O3.HI/c1-6-21-18(22-13-10-14-23-19(25)27-20(3,4)5)24-15-16-11-8-9-12-17(16)26-7-2;/h8-9,11-12H,6-7,10,13-15H2,1-5H3,(H,23,25)(H2,21,22,24);1H. The number of para-hydroxylation sites is 1. The van der Waals surface area contributed by atoms with Crippen molar-refractivity contribution in [2.24, 2.45) is 4.99 Å². The Morgan fingerprint density at radius 3 is 2.39 bits per heavy atom. The number of amides is 1. The number of hydrogen-bond acceptors (Lipinski definition) is 4. The Bertz CT molecular complexity index is 603. The Morgan fingerprint density at radius 2 is 1.75 bits per heavy atom. The van der Waals surface area contributed by atoms with Crippen molar-refractivity contribution < 1.29 is 14.3 Å². The molecule has 0 saturated carbocycles. The number of carbonyl (C=O) groups excluding carboxylic acids is 1.